The van der Waals surface area contributed by atoms with Crippen molar-refractivity contribution >= 4 is 33.6 Å². The number of carbonyl (C=O) groups is 2. The second-order valence-electron chi connectivity index (χ2n) is 7.22. The van der Waals surface area contributed by atoms with Gasteiger partial charge in [-0.25, -0.2) is 4.79 Å². The van der Waals surface area contributed by atoms with E-state index in [0.29, 0.717) is 24.8 Å². The van der Waals surface area contributed by atoms with Crippen LogP contribution in [0.3, 0.4) is 0 Å². The van der Waals surface area contributed by atoms with E-state index in [4.69, 9.17) is 0 Å². The average Bonchev–Trinajstić information content (AvgIpc) is 3.43. The first-order valence-electron chi connectivity index (χ1n) is 9.69. The smallest absolute Gasteiger partial charge is 0.322 e. The zero-order valence-electron chi connectivity index (χ0n) is 16.4. The van der Waals surface area contributed by atoms with Crippen LogP contribution in [0.1, 0.15) is 31.9 Å². The first-order valence-corrected chi connectivity index (χ1v) is 10.5. The topological polar surface area (TPSA) is 57.6 Å². The number of anilines is 1. The van der Waals surface area contributed by atoms with Gasteiger partial charge < -0.3 is 19.7 Å². The van der Waals surface area contributed by atoms with Gasteiger partial charge in [0.1, 0.15) is 6.54 Å². The zero-order chi connectivity index (χ0) is 20.1. The summed E-state index contributed by atoms with van der Waals surface area (Å²) < 4.78 is 2.99. The number of nitrogens with zero attached hydrogens (tertiary/aromatic N) is 3. The first kappa shape index (κ1) is 20.5. The van der Waals surface area contributed by atoms with E-state index >= 15 is 0 Å². The molecule has 0 radical (unpaired) electrons. The number of amides is 3. The van der Waals surface area contributed by atoms with Gasteiger partial charge in [-0.15, -0.1) is 0 Å². The Hall–Kier alpha value is -2.28. The Morgan fingerprint density at radius 3 is 2.50 bits per heavy atom. The Labute approximate surface area is 174 Å². The number of carbonyl (C=O) groups excluding carboxylic acids is 2. The lowest BCUT2D eigenvalue weighted by molar-refractivity contribution is -0.133. The predicted molar refractivity (Wildman–Crippen MR) is 114 cm³/mol. The maximum absolute atomic E-state index is 13.0. The average molecular weight is 447 g/mol. The number of rotatable bonds is 8. The predicted octanol–water partition coefficient (Wildman–Crippen LogP) is 4.22. The number of nitrogens with one attached hydrogen (secondary N) is 1. The number of aromatic nitrogens is 1. The highest BCUT2D eigenvalue weighted by atomic mass is 79.9. The van der Waals surface area contributed by atoms with Crippen LogP contribution in [0.15, 0.2) is 47.1 Å². The van der Waals surface area contributed by atoms with E-state index in [-0.39, 0.29) is 18.5 Å². The molecule has 1 aromatic carbocycles. The monoisotopic (exact) mass is 446 g/mol. The van der Waals surface area contributed by atoms with Gasteiger partial charge in [-0.05, 0) is 55.7 Å². The van der Waals surface area contributed by atoms with Crippen LogP contribution in [0.2, 0.25) is 0 Å². The van der Waals surface area contributed by atoms with Gasteiger partial charge in [-0.1, -0.05) is 22.9 Å². The van der Waals surface area contributed by atoms with Crippen LogP contribution >= 0.6 is 15.9 Å². The van der Waals surface area contributed by atoms with Gasteiger partial charge in [0.2, 0.25) is 5.91 Å². The number of aryl methyl sites for hydroxylation is 1. The van der Waals surface area contributed by atoms with E-state index in [9.17, 15) is 9.59 Å². The van der Waals surface area contributed by atoms with E-state index in [1.807, 2.05) is 66.0 Å². The van der Waals surface area contributed by atoms with Crippen LogP contribution in [-0.4, -0.2) is 45.4 Å². The SMILES string of the molecule is CCCN(CC(=O)N(Cc1cccn1C)C1CC1)C(=O)Nc1ccc(Br)cc1. The normalized spacial score (nSPS) is 13.2. The Morgan fingerprint density at radius 2 is 1.93 bits per heavy atom. The molecule has 0 atom stereocenters. The molecule has 2 aromatic rings. The van der Waals surface area contributed by atoms with Crippen LogP contribution in [-0.2, 0) is 18.4 Å². The standard InChI is InChI=1S/C21H27BrN4O2/c1-3-12-25(21(28)23-17-8-6-16(22)7-9-17)15-20(27)26(18-10-11-18)14-19-5-4-13-24(19)2/h4-9,13,18H,3,10-12,14-15H2,1-2H3,(H,23,28). The number of hydrogen-bond donors (Lipinski definition) is 1. The molecule has 1 aliphatic rings. The van der Waals surface area contributed by atoms with Crippen LogP contribution in [0.4, 0.5) is 10.5 Å². The summed E-state index contributed by atoms with van der Waals surface area (Å²) in [6.07, 6.45) is 4.85. The third-order valence-electron chi connectivity index (χ3n) is 4.89. The lowest BCUT2D eigenvalue weighted by atomic mass is 10.3. The highest BCUT2D eigenvalue weighted by molar-refractivity contribution is 9.10. The van der Waals surface area contributed by atoms with Gasteiger partial charge in [-0.3, -0.25) is 4.79 Å². The third kappa shape index (κ3) is 5.38. The number of halogens is 1. The second kappa shape index (κ2) is 9.28. The van der Waals surface area contributed by atoms with Crippen LogP contribution in [0, 0.1) is 0 Å². The molecule has 6 nitrogen and oxygen atoms in total. The lowest BCUT2D eigenvalue weighted by Crippen LogP contribution is -2.45. The van der Waals surface area contributed by atoms with Crippen molar-refractivity contribution in [3.8, 4) is 0 Å². The maximum atomic E-state index is 13.0. The van der Waals surface area contributed by atoms with E-state index < -0.39 is 0 Å². The molecular formula is C21H27BrN4O2. The molecule has 1 fully saturated rings. The molecule has 0 unspecified atom stereocenters. The summed E-state index contributed by atoms with van der Waals surface area (Å²) in [4.78, 5) is 29.3. The lowest BCUT2D eigenvalue weighted by Gasteiger charge is -2.28. The number of urea groups is 1. The van der Waals surface area contributed by atoms with E-state index in [2.05, 4.69) is 21.2 Å². The summed E-state index contributed by atoms with van der Waals surface area (Å²) in [5.41, 5.74) is 1.81. The molecular weight excluding hydrogens is 420 g/mol. The van der Waals surface area contributed by atoms with Gasteiger partial charge in [-0.2, -0.15) is 0 Å². The number of benzene rings is 1. The van der Waals surface area contributed by atoms with Crippen LogP contribution in [0.5, 0.6) is 0 Å². The molecule has 0 bridgehead atoms. The second-order valence-corrected chi connectivity index (χ2v) is 8.14. The van der Waals surface area contributed by atoms with E-state index in [1.165, 1.54) is 0 Å². The molecule has 1 saturated carbocycles. The van der Waals surface area contributed by atoms with E-state index in [1.54, 1.807) is 4.90 Å². The Bertz CT molecular complexity index is 814. The minimum atomic E-state index is -0.243. The zero-order valence-corrected chi connectivity index (χ0v) is 18.0. The van der Waals surface area contributed by atoms with Gasteiger partial charge >= 0.3 is 6.03 Å². The fourth-order valence-electron chi connectivity index (χ4n) is 3.15. The van der Waals surface area contributed by atoms with Gasteiger partial charge in [0.25, 0.3) is 0 Å². The Kier molecular flexibility index (Phi) is 6.78. The van der Waals surface area contributed by atoms with Crippen molar-refractivity contribution in [1.82, 2.24) is 14.4 Å². The highest BCUT2D eigenvalue weighted by Crippen LogP contribution is 2.28. The summed E-state index contributed by atoms with van der Waals surface area (Å²) in [7, 11) is 1.99. The summed E-state index contributed by atoms with van der Waals surface area (Å²) in [6.45, 7) is 3.22. The molecule has 1 aromatic heterocycles. The van der Waals surface area contributed by atoms with Crippen molar-refractivity contribution in [2.75, 3.05) is 18.4 Å². The van der Waals surface area contributed by atoms with Crippen molar-refractivity contribution < 1.29 is 9.59 Å². The summed E-state index contributed by atoms with van der Waals surface area (Å²) in [6, 6.07) is 11.5. The van der Waals surface area contributed by atoms with Gasteiger partial charge in [0.05, 0.1) is 6.54 Å². The van der Waals surface area contributed by atoms with Crippen molar-refractivity contribution in [1.29, 1.82) is 0 Å². The molecule has 0 saturated heterocycles. The highest BCUT2D eigenvalue weighted by Gasteiger charge is 2.34. The third-order valence-corrected chi connectivity index (χ3v) is 5.42. The molecule has 1 heterocycles. The fraction of sp³-hybridized carbons (Fsp3) is 0.429. The van der Waals surface area contributed by atoms with E-state index in [0.717, 1.165) is 29.4 Å². The quantitative estimate of drug-likeness (QED) is 0.659. The van der Waals surface area contributed by atoms with Crippen molar-refractivity contribution in [3.05, 3.63) is 52.8 Å². The summed E-state index contributed by atoms with van der Waals surface area (Å²) in [5.74, 6) is 0.00288. The molecule has 3 amide bonds. The first-order chi connectivity index (χ1) is 13.5. The number of hydrogen-bond acceptors (Lipinski definition) is 2. The fourth-order valence-corrected chi connectivity index (χ4v) is 3.42. The molecule has 0 aliphatic heterocycles. The molecule has 7 heteroatoms. The van der Waals surface area contributed by atoms with Crippen molar-refractivity contribution in [3.63, 3.8) is 0 Å². The van der Waals surface area contributed by atoms with Crippen molar-refractivity contribution in [2.45, 2.75) is 38.8 Å². The summed E-state index contributed by atoms with van der Waals surface area (Å²) in [5, 5.41) is 2.89. The largest absolute Gasteiger partial charge is 0.353 e. The van der Waals surface area contributed by atoms with Gasteiger partial charge in [0, 0.05) is 41.7 Å². The Balaban J connectivity index is 1.65. The molecule has 3 rings (SSSR count). The summed E-state index contributed by atoms with van der Waals surface area (Å²) >= 11 is 3.39. The molecule has 28 heavy (non-hydrogen) atoms. The molecule has 150 valence electrons. The molecule has 1 aliphatic carbocycles. The molecule has 1 N–H and O–H groups in total. The minimum Gasteiger partial charge on any atom is -0.353 e. The Morgan fingerprint density at radius 1 is 1.21 bits per heavy atom. The maximum Gasteiger partial charge on any atom is 0.322 e. The van der Waals surface area contributed by atoms with Crippen LogP contribution in [0.25, 0.3) is 0 Å². The van der Waals surface area contributed by atoms with Crippen molar-refractivity contribution in [2.24, 2.45) is 7.05 Å². The van der Waals surface area contributed by atoms with Crippen LogP contribution < -0.4 is 5.32 Å². The van der Waals surface area contributed by atoms with Gasteiger partial charge in [0.15, 0.2) is 0 Å². The molecule has 0 spiro atoms. The minimum absolute atomic E-state index is 0.00288.